The van der Waals surface area contributed by atoms with Gasteiger partial charge < -0.3 is 10.0 Å². The lowest BCUT2D eigenvalue weighted by Gasteiger charge is -2.38. The van der Waals surface area contributed by atoms with E-state index in [2.05, 4.69) is 0 Å². The second-order valence-electron chi connectivity index (χ2n) is 8.30. The van der Waals surface area contributed by atoms with Gasteiger partial charge in [0, 0.05) is 25.1 Å². The number of rotatable bonds is 4. The zero-order chi connectivity index (χ0) is 22.8. The summed E-state index contributed by atoms with van der Waals surface area (Å²) in [5, 5.41) is 11.0. The molecule has 0 spiro atoms. The average molecular weight is 439 g/mol. The van der Waals surface area contributed by atoms with E-state index in [9.17, 15) is 23.1 Å². The van der Waals surface area contributed by atoms with Crippen molar-refractivity contribution in [2.45, 2.75) is 31.0 Å². The Morgan fingerprint density at radius 3 is 2.09 bits per heavy atom. The van der Waals surface area contributed by atoms with Crippen molar-refractivity contribution in [1.82, 2.24) is 4.90 Å². The number of piperidine rings is 1. The molecule has 1 aliphatic rings. The quantitative estimate of drug-likeness (QED) is 0.576. The number of alkyl halides is 3. The standard InChI is InChI=1S/C26H24F3NO2/c27-26(28,29)21-12-10-20(11-13-21)22-8-4-5-9-23(22)24(31)30-16-14-25(32,15-17-30)18-19-6-2-1-3-7-19/h1-13,32H,14-18H2. The molecule has 1 saturated heterocycles. The fourth-order valence-electron chi connectivity index (χ4n) is 4.21. The molecule has 0 saturated carbocycles. The van der Waals surface area contributed by atoms with E-state index in [0.29, 0.717) is 49.0 Å². The molecule has 3 aromatic rings. The first-order valence-corrected chi connectivity index (χ1v) is 10.6. The van der Waals surface area contributed by atoms with Crippen LogP contribution in [0.25, 0.3) is 11.1 Å². The van der Waals surface area contributed by atoms with E-state index in [1.54, 1.807) is 29.2 Å². The van der Waals surface area contributed by atoms with Gasteiger partial charge in [-0.2, -0.15) is 13.2 Å². The fourth-order valence-corrected chi connectivity index (χ4v) is 4.21. The molecule has 1 N–H and O–H groups in total. The monoisotopic (exact) mass is 439 g/mol. The highest BCUT2D eigenvalue weighted by molar-refractivity contribution is 6.01. The Labute approximate surface area is 185 Å². The smallest absolute Gasteiger partial charge is 0.389 e. The summed E-state index contributed by atoms with van der Waals surface area (Å²) in [6.07, 6.45) is -2.93. The number of hydrogen-bond acceptors (Lipinski definition) is 2. The number of hydrogen-bond donors (Lipinski definition) is 1. The van der Waals surface area contributed by atoms with Crippen LogP contribution in [-0.4, -0.2) is 34.6 Å². The van der Waals surface area contributed by atoms with E-state index in [4.69, 9.17) is 0 Å². The Kier molecular flexibility index (Phi) is 6.07. The van der Waals surface area contributed by atoms with Gasteiger partial charge in [0.25, 0.3) is 5.91 Å². The normalized spacial score (nSPS) is 16.1. The lowest BCUT2D eigenvalue weighted by molar-refractivity contribution is -0.137. The molecule has 6 heteroatoms. The van der Waals surface area contributed by atoms with E-state index >= 15 is 0 Å². The molecule has 4 rings (SSSR count). The molecule has 0 bridgehead atoms. The summed E-state index contributed by atoms with van der Waals surface area (Å²) in [6, 6.07) is 21.6. The average Bonchev–Trinajstić information content (AvgIpc) is 2.79. The topological polar surface area (TPSA) is 40.5 Å². The molecule has 0 atom stereocenters. The highest BCUT2D eigenvalue weighted by Gasteiger charge is 2.35. The number of nitrogens with zero attached hydrogens (tertiary/aromatic N) is 1. The maximum Gasteiger partial charge on any atom is 0.416 e. The Bertz CT molecular complexity index is 1070. The predicted octanol–water partition coefficient (Wildman–Crippen LogP) is 5.58. The molecule has 0 unspecified atom stereocenters. The summed E-state index contributed by atoms with van der Waals surface area (Å²) in [6.45, 7) is 0.840. The fraction of sp³-hybridized carbons (Fsp3) is 0.269. The maximum absolute atomic E-state index is 13.3. The number of likely N-dealkylation sites (tertiary alicyclic amines) is 1. The van der Waals surface area contributed by atoms with Gasteiger partial charge in [-0.3, -0.25) is 4.79 Å². The molecular formula is C26H24F3NO2. The van der Waals surface area contributed by atoms with Crippen LogP contribution in [0.1, 0.15) is 34.3 Å². The number of carbonyl (C=O) groups excluding carboxylic acids is 1. The minimum absolute atomic E-state index is 0.178. The maximum atomic E-state index is 13.3. The zero-order valence-corrected chi connectivity index (χ0v) is 17.5. The molecule has 1 aliphatic heterocycles. The predicted molar refractivity (Wildman–Crippen MR) is 117 cm³/mol. The van der Waals surface area contributed by atoms with Gasteiger partial charge in [-0.25, -0.2) is 0 Å². The largest absolute Gasteiger partial charge is 0.416 e. The highest BCUT2D eigenvalue weighted by Crippen LogP contribution is 2.33. The zero-order valence-electron chi connectivity index (χ0n) is 17.5. The minimum atomic E-state index is -4.40. The Hall–Kier alpha value is -3.12. The van der Waals surface area contributed by atoms with Crippen molar-refractivity contribution in [2.24, 2.45) is 0 Å². The van der Waals surface area contributed by atoms with E-state index in [1.165, 1.54) is 12.1 Å². The molecule has 32 heavy (non-hydrogen) atoms. The third-order valence-corrected chi connectivity index (χ3v) is 6.04. The van der Waals surface area contributed by atoms with Gasteiger partial charge >= 0.3 is 6.18 Å². The Morgan fingerprint density at radius 2 is 1.47 bits per heavy atom. The molecular weight excluding hydrogens is 415 g/mol. The Morgan fingerprint density at radius 1 is 0.875 bits per heavy atom. The van der Waals surface area contributed by atoms with Gasteiger partial charge in [-0.15, -0.1) is 0 Å². The third kappa shape index (κ3) is 4.86. The second-order valence-corrected chi connectivity index (χ2v) is 8.30. The molecule has 166 valence electrons. The third-order valence-electron chi connectivity index (χ3n) is 6.04. The molecule has 1 amide bonds. The molecule has 0 aliphatic carbocycles. The number of halogens is 3. The lowest BCUT2D eigenvalue weighted by Crippen LogP contribution is -2.47. The SMILES string of the molecule is O=C(c1ccccc1-c1ccc(C(F)(F)F)cc1)N1CCC(O)(Cc2ccccc2)CC1. The van der Waals surface area contributed by atoms with Crippen molar-refractivity contribution < 1.29 is 23.1 Å². The molecule has 3 aromatic carbocycles. The summed E-state index contributed by atoms with van der Waals surface area (Å²) < 4.78 is 38.7. The van der Waals surface area contributed by atoms with Crippen LogP contribution in [0.2, 0.25) is 0 Å². The van der Waals surface area contributed by atoms with Gasteiger partial charge in [0.2, 0.25) is 0 Å². The number of benzene rings is 3. The highest BCUT2D eigenvalue weighted by atomic mass is 19.4. The molecule has 0 aromatic heterocycles. The van der Waals surface area contributed by atoms with Crippen molar-refractivity contribution in [3.05, 3.63) is 95.6 Å². The molecule has 3 nitrogen and oxygen atoms in total. The number of carbonyl (C=O) groups is 1. The van der Waals surface area contributed by atoms with Gasteiger partial charge in [-0.1, -0.05) is 60.7 Å². The van der Waals surface area contributed by atoms with Crippen LogP contribution in [0, 0.1) is 0 Å². The lowest BCUT2D eigenvalue weighted by atomic mass is 9.85. The molecule has 1 fully saturated rings. The van der Waals surface area contributed by atoms with Crippen LogP contribution in [0.15, 0.2) is 78.9 Å². The first kappa shape index (κ1) is 22.1. The van der Waals surface area contributed by atoms with Crippen LogP contribution in [0.3, 0.4) is 0 Å². The minimum Gasteiger partial charge on any atom is -0.389 e. The van der Waals surface area contributed by atoms with Crippen LogP contribution < -0.4 is 0 Å². The van der Waals surface area contributed by atoms with Crippen molar-refractivity contribution in [2.75, 3.05) is 13.1 Å². The second kappa shape index (κ2) is 8.79. The summed E-state index contributed by atoms with van der Waals surface area (Å²) in [4.78, 5) is 15.0. The van der Waals surface area contributed by atoms with Gasteiger partial charge in [0.05, 0.1) is 11.2 Å². The van der Waals surface area contributed by atoms with E-state index in [1.807, 2.05) is 30.3 Å². The first-order chi connectivity index (χ1) is 15.3. The Balaban J connectivity index is 1.49. The van der Waals surface area contributed by atoms with E-state index in [-0.39, 0.29) is 5.91 Å². The van der Waals surface area contributed by atoms with Gasteiger partial charge in [0.1, 0.15) is 0 Å². The van der Waals surface area contributed by atoms with Crippen molar-refractivity contribution >= 4 is 5.91 Å². The van der Waals surface area contributed by atoms with Crippen molar-refractivity contribution in [3.63, 3.8) is 0 Å². The van der Waals surface area contributed by atoms with Crippen LogP contribution in [0.5, 0.6) is 0 Å². The number of aliphatic hydroxyl groups is 1. The molecule has 1 heterocycles. The van der Waals surface area contributed by atoms with E-state index < -0.39 is 17.3 Å². The molecule has 0 radical (unpaired) electrons. The first-order valence-electron chi connectivity index (χ1n) is 10.6. The van der Waals surface area contributed by atoms with Crippen molar-refractivity contribution in [3.8, 4) is 11.1 Å². The van der Waals surface area contributed by atoms with Gasteiger partial charge in [0.15, 0.2) is 0 Å². The van der Waals surface area contributed by atoms with Crippen LogP contribution in [0.4, 0.5) is 13.2 Å². The summed E-state index contributed by atoms with van der Waals surface area (Å²) >= 11 is 0. The van der Waals surface area contributed by atoms with Crippen molar-refractivity contribution in [1.29, 1.82) is 0 Å². The summed E-state index contributed by atoms with van der Waals surface area (Å²) in [5.41, 5.74) is 1.07. The van der Waals surface area contributed by atoms with Gasteiger partial charge in [-0.05, 0) is 47.7 Å². The van der Waals surface area contributed by atoms with Crippen LogP contribution in [-0.2, 0) is 12.6 Å². The van der Waals surface area contributed by atoms with Crippen LogP contribution >= 0.6 is 0 Å². The van der Waals surface area contributed by atoms with E-state index in [0.717, 1.165) is 17.7 Å². The summed E-state index contributed by atoms with van der Waals surface area (Å²) in [5.74, 6) is -0.178. The summed E-state index contributed by atoms with van der Waals surface area (Å²) in [7, 11) is 0. The number of amides is 1.